The van der Waals surface area contributed by atoms with Crippen molar-refractivity contribution in [3.05, 3.63) is 95.9 Å². The van der Waals surface area contributed by atoms with Gasteiger partial charge in [0.05, 0.1) is 19.2 Å². The molecular formula is C27H28N4O4. The molecule has 8 nitrogen and oxygen atoms in total. The summed E-state index contributed by atoms with van der Waals surface area (Å²) in [6, 6.07) is 13.8. The normalized spacial score (nSPS) is 19.8. The topological polar surface area (TPSA) is 102 Å². The number of hydrogen-bond acceptors (Lipinski definition) is 6. The minimum Gasteiger partial charge on any atom is -0.454 e. The van der Waals surface area contributed by atoms with Crippen LogP contribution < -0.4 is 20.7 Å². The molecule has 2 aromatic carbocycles. The van der Waals surface area contributed by atoms with Crippen molar-refractivity contribution in [2.75, 3.05) is 20.4 Å². The molecule has 0 saturated heterocycles. The van der Waals surface area contributed by atoms with Crippen LogP contribution in [-0.2, 0) is 16.1 Å². The number of nitrogens with zero attached hydrogens (tertiary/aromatic N) is 1. The van der Waals surface area contributed by atoms with Crippen LogP contribution in [0.3, 0.4) is 0 Å². The third-order valence-electron chi connectivity index (χ3n) is 6.47. The van der Waals surface area contributed by atoms with Crippen LogP contribution in [0.25, 0.3) is 10.9 Å². The summed E-state index contributed by atoms with van der Waals surface area (Å²) in [6.07, 6.45) is 8.29. The smallest absolute Gasteiger partial charge is 0.247 e. The van der Waals surface area contributed by atoms with Crippen LogP contribution >= 0.6 is 0 Å². The predicted octanol–water partition coefficient (Wildman–Crippen LogP) is 3.48. The summed E-state index contributed by atoms with van der Waals surface area (Å²) in [7, 11) is 1.40. The number of para-hydroxylation sites is 1. The third kappa shape index (κ3) is 4.07. The van der Waals surface area contributed by atoms with Crippen LogP contribution in [0.5, 0.6) is 11.5 Å². The summed E-state index contributed by atoms with van der Waals surface area (Å²) in [5.41, 5.74) is 5.33. The molecule has 180 valence electrons. The number of nitrogens with two attached hydrogens (primary N) is 1. The average molecular weight is 473 g/mol. The molecular weight excluding hydrogens is 444 g/mol. The highest BCUT2D eigenvalue weighted by Crippen LogP contribution is 2.44. The van der Waals surface area contributed by atoms with E-state index in [2.05, 4.69) is 58.0 Å². The Labute approximate surface area is 203 Å². The number of hydrogen-bond donors (Lipinski definition) is 3. The Morgan fingerprint density at radius 3 is 2.80 bits per heavy atom. The number of rotatable bonds is 3. The van der Waals surface area contributed by atoms with Gasteiger partial charge in [0.15, 0.2) is 11.5 Å². The SMILES string of the molecule is C=CC(=O)N1C(C2=CC=CCN2)Cc2c([nH]c3ccccc23)C1c1ccc2c(c1)OCO2.CON. The second-order valence-electron chi connectivity index (χ2n) is 8.41. The van der Waals surface area contributed by atoms with E-state index in [-0.39, 0.29) is 24.8 Å². The summed E-state index contributed by atoms with van der Waals surface area (Å²) < 4.78 is 11.2. The first-order valence-electron chi connectivity index (χ1n) is 11.4. The molecule has 0 radical (unpaired) electrons. The van der Waals surface area contributed by atoms with Crippen LogP contribution in [0.4, 0.5) is 0 Å². The summed E-state index contributed by atoms with van der Waals surface area (Å²) in [5.74, 6) is 5.66. The third-order valence-corrected chi connectivity index (χ3v) is 6.47. The maximum absolute atomic E-state index is 13.3. The van der Waals surface area contributed by atoms with Crippen molar-refractivity contribution in [1.82, 2.24) is 15.2 Å². The van der Waals surface area contributed by atoms with E-state index in [1.807, 2.05) is 35.2 Å². The Morgan fingerprint density at radius 1 is 1.23 bits per heavy atom. The highest BCUT2D eigenvalue weighted by molar-refractivity contribution is 5.91. The second-order valence-corrected chi connectivity index (χ2v) is 8.41. The van der Waals surface area contributed by atoms with Crippen molar-refractivity contribution < 1.29 is 19.1 Å². The van der Waals surface area contributed by atoms with Crippen molar-refractivity contribution in [2.45, 2.75) is 18.5 Å². The fourth-order valence-electron chi connectivity index (χ4n) is 5.05. The van der Waals surface area contributed by atoms with Gasteiger partial charge in [0.2, 0.25) is 12.7 Å². The number of nitrogens with one attached hydrogen (secondary N) is 2. The van der Waals surface area contributed by atoms with Gasteiger partial charge in [0, 0.05) is 35.3 Å². The van der Waals surface area contributed by atoms with Gasteiger partial charge in [-0.05, 0) is 41.5 Å². The van der Waals surface area contributed by atoms with Gasteiger partial charge in [0.25, 0.3) is 0 Å². The van der Waals surface area contributed by atoms with E-state index in [1.165, 1.54) is 24.1 Å². The molecule has 3 aliphatic rings. The summed E-state index contributed by atoms with van der Waals surface area (Å²) >= 11 is 0. The number of fused-ring (bicyclic) bond motifs is 4. The molecule has 0 aliphatic carbocycles. The van der Waals surface area contributed by atoms with Gasteiger partial charge in [-0.2, -0.15) is 0 Å². The monoisotopic (exact) mass is 472 g/mol. The Morgan fingerprint density at radius 2 is 2.03 bits per heavy atom. The van der Waals surface area contributed by atoms with Gasteiger partial charge in [-0.1, -0.05) is 43.0 Å². The fourth-order valence-corrected chi connectivity index (χ4v) is 5.05. The fraction of sp³-hybridized carbons (Fsp3) is 0.222. The Hall–Kier alpha value is -4.01. The largest absolute Gasteiger partial charge is 0.454 e. The number of ether oxygens (including phenoxy) is 2. The molecule has 8 heteroatoms. The molecule has 0 bridgehead atoms. The zero-order valence-corrected chi connectivity index (χ0v) is 19.5. The van der Waals surface area contributed by atoms with Crippen LogP contribution in [0, 0.1) is 0 Å². The van der Waals surface area contributed by atoms with Gasteiger partial charge in [-0.25, -0.2) is 5.90 Å². The van der Waals surface area contributed by atoms with Gasteiger partial charge in [0.1, 0.15) is 0 Å². The molecule has 3 aromatic rings. The molecule has 1 aromatic heterocycles. The molecule has 2 atom stereocenters. The maximum Gasteiger partial charge on any atom is 0.247 e. The zero-order chi connectivity index (χ0) is 24.4. The van der Waals surface area contributed by atoms with Gasteiger partial charge >= 0.3 is 0 Å². The lowest BCUT2D eigenvalue weighted by Gasteiger charge is -2.43. The molecule has 0 saturated carbocycles. The summed E-state index contributed by atoms with van der Waals surface area (Å²) in [6.45, 7) is 4.75. The van der Waals surface area contributed by atoms with Crippen molar-refractivity contribution in [3.63, 3.8) is 0 Å². The number of H-pyrrole nitrogens is 1. The van der Waals surface area contributed by atoms with Crippen molar-refractivity contribution >= 4 is 16.8 Å². The first kappa shape index (κ1) is 22.8. The van der Waals surface area contributed by atoms with Crippen molar-refractivity contribution in [2.24, 2.45) is 5.90 Å². The number of amides is 1. The Balaban J connectivity index is 0.000000806. The number of allylic oxidation sites excluding steroid dienone is 2. The number of carbonyl (C=O) groups is 1. The predicted molar refractivity (Wildman–Crippen MR) is 134 cm³/mol. The van der Waals surface area contributed by atoms with E-state index < -0.39 is 0 Å². The molecule has 1 amide bonds. The van der Waals surface area contributed by atoms with E-state index >= 15 is 0 Å². The lowest BCUT2D eigenvalue weighted by Crippen LogP contribution is -2.50. The molecule has 6 rings (SSSR count). The molecule has 0 spiro atoms. The molecule has 4 heterocycles. The van der Waals surface area contributed by atoms with E-state index in [9.17, 15) is 4.79 Å². The lowest BCUT2D eigenvalue weighted by atomic mass is 9.86. The quantitative estimate of drug-likeness (QED) is 0.399. The first-order valence-corrected chi connectivity index (χ1v) is 11.4. The van der Waals surface area contributed by atoms with Gasteiger partial charge in [-0.15, -0.1) is 0 Å². The first-order chi connectivity index (χ1) is 17.2. The molecule has 35 heavy (non-hydrogen) atoms. The highest BCUT2D eigenvalue weighted by Gasteiger charge is 2.41. The minimum atomic E-state index is -0.315. The number of dihydropyridines is 1. The second kappa shape index (κ2) is 9.69. The van der Waals surface area contributed by atoms with Crippen molar-refractivity contribution in [3.8, 4) is 11.5 Å². The summed E-state index contributed by atoms with van der Waals surface area (Å²) in [5, 5.41) is 4.66. The minimum absolute atomic E-state index is 0.112. The van der Waals surface area contributed by atoms with E-state index in [0.717, 1.165) is 34.8 Å². The van der Waals surface area contributed by atoms with Gasteiger partial charge in [-0.3, -0.25) is 4.79 Å². The Kier molecular flexibility index (Phi) is 6.31. The maximum atomic E-state index is 13.3. The van der Waals surface area contributed by atoms with Crippen LogP contribution in [0.15, 0.2) is 79.0 Å². The standard InChI is InChI=1S/C26H23N3O3.CH5NO/c1-2-24(30)29-21(20-9-5-6-12-27-20)14-18-17-7-3-4-8-19(17)28-25(18)26(29)16-10-11-22-23(13-16)32-15-31-22;1-3-2/h2-11,13,21,26-28H,1,12,14-15H2;2H2,1H3. The number of aromatic amines is 1. The zero-order valence-electron chi connectivity index (χ0n) is 19.5. The Bertz CT molecular complexity index is 1330. The van der Waals surface area contributed by atoms with Crippen LogP contribution in [-0.4, -0.2) is 42.3 Å². The molecule has 3 aliphatic heterocycles. The molecule has 4 N–H and O–H groups in total. The number of aromatic nitrogens is 1. The molecule has 0 fully saturated rings. The van der Waals surface area contributed by atoms with E-state index in [0.29, 0.717) is 12.2 Å². The van der Waals surface area contributed by atoms with Crippen LogP contribution in [0.1, 0.15) is 22.9 Å². The summed E-state index contributed by atoms with van der Waals surface area (Å²) in [4.78, 5) is 22.6. The number of benzene rings is 2. The van der Waals surface area contributed by atoms with Gasteiger partial charge < -0.3 is 29.5 Å². The molecule has 2 unspecified atom stereocenters. The highest BCUT2D eigenvalue weighted by atomic mass is 16.7. The number of carbonyl (C=O) groups excluding carboxylic acids is 1. The van der Waals surface area contributed by atoms with Crippen molar-refractivity contribution in [1.29, 1.82) is 0 Å². The van der Waals surface area contributed by atoms with Crippen LogP contribution in [0.2, 0.25) is 0 Å². The lowest BCUT2D eigenvalue weighted by molar-refractivity contribution is -0.130. The van der Waals surface area contributed by atoms with E-state index in [1.54, 1.807) is 0 Å². The average Bonchev–Trinajstić information content (AvgIpc) is 3.52. The van der Waals surface area contributed by atoms with E-state index in [4.69, 9.17) is 9.47 Å².